The number of nitrogens with zero attached hydrogens (tertiary/aromatic N) is 3. The standard InChI is InChI=1S/C19H13F3N6OS/c20-19(21,22)13-4-2-1-3-12(13)15-11(10-7-8-30-9-10)5-6-14(24-18(23)29)16(15)17-25-27-28-26-17/h1-9H,(H3,23,24,29)(H,25,26,27,28). The Morgan fingerprint density at radius 1 is 1.07 bits per heavy atom. The second-order valence-corrected chi connectivity index (χ2v) is 6.97. The number of urea groups is 1. The summed E-state index contributed by atoms with van der Waals surface area (Å²) in [6, 6.07) is 9.28. The number of nitrogens with two attached hydrogens (primary N) is 1. The molecule has 0 saturated carbocycles. The summed E-state index contributed by atoms with van der Waals surface area (Å²) in [6.07, 6.45) is -4.61. The van der Waals surface area contributed by atoms with Crippen LogP contribution in [0.5, 0.6) is 0 Å². The van der Waals surface area contributed by atoms with E-state index in [1.807, 2.05) is 10.8 Å². The number of halogens is 3. The van der Waals surface area contributed by atoms with Gasteiger partial charge in [0, 0.05) is 5.56 Å². The molecule has 0 saturated heterocycles. The number of alkyl halides is 3. The van der Waals surface area contributed by atoms with Crippen LogP contribution in [0, 0.1) is 0 Å². The van der Waals surface area contributed by atoms with Crippen molar-refractivity contribution in [1.82, 2.24) is 20.6 Å². The van der Waals surface area contributed by atoms with Crippen molar-refractivity contribution in [2.24, 2.45) is 5.73 Å². The maximum absolute atomic E-state index is 13.9. The molecule has 2 amide bonds. The molecule has 152 valence electrons. The maximum Gasteiger partial charge on any atom is 0.417 e. The van der Waals surface area contributed by atoms with E-state index in [1.54, 1.807) is 18.2 Å². The summed E-state index contributed by atoms with van der Waals surface area (Å²) in [5.74, 6) is 0.0165. The molecule has 2 heterocycles. The van der Waals surface area contributed by atoms with Crippen molar-refractivity contribution >= 4 is 23.1 Å². The Labute approximate surface area is 171 Å². The average molecular weight is 430 g/mol. The predicted molar refractivity (Wildman–Crippen MR) is 107 cm³/mol. The molecule has 4 N–H and O–H groups in total. The number of hydrogen-bond donors (Lipinski definition) is 3. The van der Waals surface area contributed by atoms with Crippen molar-refractivity contribution < 1.29 is 18.0 Å². The second-order valence-electron chi connectivity index (χ2n) is 6.19. The first kappa shape index (κ1) is 19.6. The van der Waals surface area contributed by atoms with Gasteiger partial charge in [-0.15, -0.1) is 10.2 Å². The molecular weight excluding hydrogens is 417 g/mol. The molecule has 0 radical (unpaired) electrons. The molecule has 0 atom stereocenters. The van der Waals surface area contributed by atoms with Crippen molar-refractivity contribution in [1.29, 1.82) is 0 Å². The Balaban J connectivity index is 2.14. The molecule has 2 aromatic carbocycles. The Hall–Kier alpha value is -3.73. The fourth-order valence-electron chi connectivity index (χ4n) is 3.23. The SMILES string of the molecule is NC(=O)Nc1ccc(-c2ccsc2)c(-c2ccccc2C(F)(F)F)c1-c1nn[nH]n1. The van der Waals surface area contributed by atoms with Gasteiger partial charge in [-0.1, -0.05) is 24.3 Å². The third-order valence-corrected chi connectivity index (χ3v) is 5.05. The number of primary amides is 1. The molecule has 0 fully saturated rings. The van der Waals surface area contributed by atoms with E-state index >= 15 is 0 Å². The Morgan fingerprint density at radius 3 is 2.50 bits per heavy atom. The van der Waals surface area contributed by atoms with E-state index in [2.05, 4.69) is 25.9 Å². The smallest absolute Gasteiger partial charge is 0.351 e. The minimum atomic E-state index is -4.61. The van der Waals surface area contributed by atoms with Crippen molar-refractivity contribution in [2.75, 3.05) is 5.32 Å². The lowest BCUT2D eigenvalue weighted by Crippen LogP contribution is -2.20. The summed E-state index contributed by atoms with van der Waals surface area (Å²) in [5.41, 5.74) is 6.12. The maximum atomic E-state index is 13.9. The van der Waals surface area contributed by atoms with Gasteiger partial charge in [0.1, 0.15) is 0 Å². The van der Waals surface area contributed by atoms with Gasteiger partial charge in [0.15, 0.2) is 0 Å². The topological polar surface area (TPSA) is 110 Å². The Bertz CT molecular complexity index is 1190. The summed E-state index contributed by atoms with van der Waals surface area (Å²) in [4.78, 5) is 11.5. The number of hydrogen-bond acceptors (Lipinski definition) is 5. The molecule has 2 aromatic heterocycles. The van der Waals surface area contributed by atoms with Crippen LogP contribution >= 0.6 is 11.3 Å². The van der Waals surface area contributed by atoms with Gasteiger partial charge in [-0.05, 0) is 50.9 Å². The number of carbonyl (C=O) groups excluding carboxylic acids is 1. The van der Waals surface area contributed by atoms with Gasteiger partial charge >= 0.3 is 12.2 Å². The molecule has 30 heavy (non-hydrogen) atoms. The zero-order chi connectivity index (χ0) is 21.3. The van der Waals surface area contributed by atoms with Crippen molar-refractivity contribution in [3.8, 4) is 33.6 Å². The highest BCUT2D eigenvalue weighted by Gasteiger charge is 2.35. The lowest BCUT2D eigenvalue weighted by molar-refractivity contribution is -0.137. The minimum Gasteiger partial charge on any atom is -0.351 e. The molecule has 11 heteroatoms. The number of tetrazole rings is 1. The van der Waals surface area contributed by atoms with E-state index in [0.717, 1.165) is 6.07 Å². The highest BCUT2D eigenvalue weighted by molar-refractivity contribution is 7.08. The number of benzene rings is 2. The largest absolute Gasteiger partial charge is 0.417 e. The highest BCUT2D eigenvalue weighted by Crippen LogP contribution is 2.47. The van der Waals surface area contributed by atoms with Crippen LogP contribution in [0.3, 0.4) is 0 Å². The number of rotatable bonds is 4. The summed E-state index contributed by atoms with van der Waals surface area (Å²) in [5, 5.41) is 19.8. The summed E-state index contributed by atoms with van der Waals surface area (Å²) in [6.45, 7) is 0. The van der Waals surface area contributed by atoms with Gasteiger partial charge in [-0.25, -0.2) is 4.79 Å². The number of H-pyrrole nitrogens is 1. The van der Waals surface area contributed by atoms with Crippen LogP contribution in [0.1, 0.15) is 5.56 Å². The average Bonchev–Trinajstić information content (AvgIpc) is 3.41. The first-order valence-corrected chi connectivity index (χ1v) is 9.47. The number of amides is 2. The van der Waals surface area contributed by atoms with E-state index < -0.39 is 17.8 Å². The van der Waals surface area contributed by atoms with E-state index in [-0.39, 0.29) is 28.2 Å². The number of carbonyl (C=O) groups is 1. The molecule has 7 nitrogen and oxygen atoms in total. The Kier molecular flexibility index (Phi) is 4.96. The molecule has 0 unspecified atom stereocenters. The first-order chi connectivity index (χ1) is 14.4. The van der Waals surface area contributed by atoms with Crippen LogP contribution in [-0.4, -0.2) is 26.7 Å². The third-order valence-electron chi connectivity index (χ3n) is 4.37. The molecule has 0 aliphatic carbocycles. The molecule has 4 aromatic rings. The van der Waals surface area contributed by atoms with Crippen LogP contribution in [-0.2, 0) is 6.18 Å². The minimum absolute atomic E-state index is 0.0165. The monoisotopic (exact) mass is 430 g/mol. The normalized spacial score (nSPS) is 11.4. The van der Waals surface area contributed by atoms with Gasteiger partial charge in [-0.2, -0.15) is 29.7 Å². The molecule has 0 spiro atoms. The van der Waals surface area contributed by atoms with E-state index in [1.165, 1.54) is 29.5 Å². The van der Waals surface area contributed by atoms with E-state index in [9.17, 15) is 18.0 Å². The van der Waals surface area contributed by atoms with Crippen molar-refractivity contribution in [3.05, 3.63) is 58.8 Å². The molecule has 0 aliphatic heterocycles. The first-order valence-electron chi connectivity index (χ1n) is 8.52. The van der Waals surface area contributed by atoms with E-state index in [4.69, 9.17) is 5.73 Å². The van der Waals surface area contributed by atoms with Crippen LogP contribution in [0.4, 0.5) is 23.7 Å². The lowest BCUT2D eigenvalue weighted by atomic mass is 9.87. The highest BCUT2D eigenvalue weighted by atomic mass is 32.1. The number of anilines is 1. The number of aromatic nitrogens is 4. The zero-order valence-corrected chi connectivity index (χ0v) is 15.9. The number of thiophene rings is 1. The number of aromatic amines is 1. The van der Waals surface area contributed by atoms with Crippen molar-refractivity contribution in [2.45, 2.75) is 6.18 Å². The fraction of sp³-hybridized carbons (Fsp3) is 0.0526. The van der Waals surface area contributed by atoms with Gasteiger partial charge in [0.05, 0.1) is 16.8 Å². The third kappa shape index (κ3) is 3.62. The molecule has 0 aliphatic rings. The van der Waals surface area contributed by atoms with Crippen LogP contribution < -0.4 is 11.1 Å². The van der Waals surface area contributed by atoms with Crippen LogP contribution in [0.15, 0.2) is 53.2 Å². The van der Waals surface area contributed by atoms with Gasteiger partial charge in [0.2, 0.25) is 5.82 Å². The zero-order valence-electron chi connectivity index (χ0n) is 15.1. The summed E-state index contributed by atoms with van der Waals surface area (Å²) in [7, 11) is 0. The molecular formula is C19H13F3N6OS. The van der Waals surface area contributed by atoms with Gasteiger partial charge in [-0.3, -0.25) is 0 Å². The summed E-state index contributed by atoms with van der Waals surface area (Å²) < 4.78 is 41.6. The second kappa shape index (κ2) is 7.59. The lowest BCUT2D eigenvalue weighted by Gasteiger charge is -2.20. The fourth-order valence-corrected chi connectivity index (χ4v) is 3.88. The van der Waals surface area contributed by atoms with Gasteiger partial charge in [0.25, 0.3) is 0 Å². The predicted octanol–water partition coefficient (Wildman–Crippen LogP) is 4.77. The molecule has 4 rings (SSSR count). The summed E-state index contributed by atoms with van der Waals surface area (Å²) >= 11 is 1.40. The van der Waals surface area contributed by atoms with E-state index in [0.29, 0.717) is 11.1 Å². The van der Waals surface area contributed by atoms with Crippen molar-refractivity contribution in [3.63, 3.8) is 0 Å². The van der Waals surface area contributed by atoms with Gasteiger partial charge < -0.3 is 11.1 Å². The Morgan fingerprint density at radius 2 is 1.87 bits per heavy atom. The quantitative estimate of drug-likeness (QED) is 0.433. The van der Waals surface area contributed by atoms with Crippen LogP contribution in [0.25, 0.3) is 33.6 Å². The van der Waals surface area contributed by atoms with Crippen LogP contribution in [0.2, 0.25) is 0 Å². The number of nitrogens with one attached hydrogen (secondary N) is 2. The molecule has 0 bridgehead atoms.